The molecule has 1 rings (SSSR count). The molecule has 0 aliphatic carbocycles. The highest BCUT2D eigenvalue weighted by atomic mass is 16.4. The molecule has 0 amide bonds. The number of nitrogens with two attached hydrogens (primary N) is 1. The normalized spacial score (nSPS) is 15.5. The Kier molecular flexibility index (Phi) is 3.67. The molecule has 0 radical (unpaired) electrons. The predicted octanol–water partition coefficient (Wildman–Crippen LogP) is 0.737. The smallest absolute Gasteiger partial charge is 0.323 e. The number of aliphatic carboxylic acids is 1. The molecule has 0 bridgehead atoms. The number of aliphatic hydroxyl groups is 1. The molecule has 0 saturated carbocycles. The Morgan fingerprint density at radius 2 is 1.81 bits per heavy atom. The van der Waals surface area contributed by atoms with Crippen LogP contribution in [0.3, 0.4) is 0 Å². The van der Waals surface area contributed by atoms with Gasteiger partial charge in [0.25, 0.3) is 0 Å². The van der Waals surface area contributed by atoms with Gasteiger partial charge in [0.15, 0.2) is 0 Å². The Morgan fingerprint density at radius 1 is 1.31 bits per heavy atom. The molecule has 2 atom stereocenters. The van der Waals surface area contributed by atoms with E-state index in [1.54, 1.807) is 13.8 Å². The van der Waals surface area contributed by atoms with Crippen LogP contribution in [0.4, 0.5) is 0 Å². The molecule has 0 aliphatic heterocycles. The van der Waals surface area contributed by atoms with Crippen molar-refractivity contribution in [2.45, 2.75) is 31.4 Å². The van der Waals surface area contributed by atoms with Gasteiger partial charge >= 0.3 is 5.97 Å². The first-order valence-corrected chi connectivity index (χ1v) is 5.09. The number of rotatable bonds is 4. The number of carboxylic acids is 1. The topological polar surface area (TPSA) is 83.5 Å². The van der Waals surface area contributed by atoms with Crippen LogP contribution >= 0.6 is 0 Å². The molecule has 4 nitrogen and oxygen atoms in total. The number of hydrogen-bond donors (Lipinski definition) is 3. The molecule has 1 aromatic rings. The molecule has 0 heterocycles. The molecular weight excluding hydrogens is 206 g/mol. The molecule has 0 spiro atoms. The molecular formula is C12H17NO3. The zero-order chi connectivity index (χ0) is 12.3. The number of benzene rings is 1. The van der Waals surface area contributed by atoms with Gasteiger partial charge in [-0.2, -0.15) is 0 Å². The summed E-state index contributed by atoms with van der Waals surface area (Å²) in [6.07, 6.45) is -1.13. The van der Waals surface area contributed by atoms with Crippen molar-refractivity contribution < 1.29 is 15.0 Å². The number of carboxylic acid groups (broad SMARTS) is 1. The van der Waals surface area contributed by atoms with Gasteiger partial charge in [0.1, 0.15) is 6.04 Å². The summed E-state index contributed by atoms with van der Waals surface area (Å²) >= 11 is 0. The number of aliphatic hydroxyl groups excluding tert-OH is 1. The second kappa shape index (κ2) is 4.63. The van der Waals surface area contributed by atoms with Gasteiger partial charge in [-0.25, -0.2) is 0 Å². The Labute approximate surface area is 94.7 Å². The molecule has 2 unspecified atom stereocenters. The van der Waals surface area contributed by atoms with Gasteiger partial charge in [-0.3, -0.25) is 4.79 Å². The van der Waals surface area contributed by atoms with E-state index in [1.807, 2.05) is 30.3 Å². The minimum Gasteiger partial charge on any atom is -0.480 e. The first-order chi connectivity index (χ1) is 7.37. The predicted molar refractivity (Wildman–Crippen MR) is 61.1 cm³/mol. The minimum atomic E-state index is -1.28. The third-order valence-electron chi connectivity index (χ3n) is 2.88. The van der Waals surface area contributed by atoms with Crippen molar-refractivity contribution in [2.24, 2.45) is 5.73 Å². The molecule has 16 heavy (non-hydrogen) atoms. The van der Waals surface area contributed by atoms with Crippen LogP contribution in [0.5, 0.6) is 0 Å². The molecule has 0 aliphatic rings. The number of hydrogen-bond acceptors (Lipinski definition) is 3. The van der Waals surface area contributed by atoms with E-state index >= 15 is 0 Å². The van der Waals surface area contributed by atoms with Crippen molar-refractivity contribution in [1.29, 1.82) is 0 Å². The average molecular weight is 223 g/mol. The molecule has 4 heteroatoms. The van der Waals surface area contributed by atoms with Crippen molar-refractivity contribution in [3.05, 3.63) is 35.9 Å². The highest BCUT2D eigenvalue weighted by Crippen LogP contribution is 2.28. The van der Waals surface area contributed by atoms with Crippen molar-refractivity contribution in [3.63, 3.8) is 0 Å². The summed E-state index contributed by atoms with van der Waals surface area (Å²) in [7, 11) is 0. The Hall–Kier alpha value is -1.39. The lowest BCUT2D eigenvalue weighted by Crippen LogP contribution is -2.51. The highest BCUT2D eigenvalue weighted by molar-refractivity contribution is 5.74. The van der Waals surface area contributed by atoms with Gasteiger partial charge < -0.3 is 15.9 Å². The third-order valence-corrected chi connectivity index (χ3v) is 2.88. The van der Waals surface area contributed by atoms with Crippen molar-refractivity contribution in [1.82, 2.24) is 0 Å². The van der Waals surface area contributed by atoms with Crippen molar-refractivity contribution >= 4 is 5.97 Å². The lowest BCUT2D eigenvalue weighted by molar-refractivity contribution is -0.142. The van der Waals surface area contributed by atoms with Gasteiger partial charge in [-0.1, -0.05) is 44.2 Å². The van der Waals surface area contributed by atoms with Crippen LogP contribution in [-0.4, -0.2) is 28.3 Å². The van der Waals surface area contributed by atoms with Crippen LogP contribution in [0, 0.1) is 0 Å². The zero-order valence-corrected chi connectivity index (χ0v) is 9.42. The fourth-order valence-corrected chi connectivity index (χ4v) is 1.62. The van der Waals surface area contributed by atoms with E-state index in [0.717, 1.165) is 5.56 Å². The highest BCUT2D eigenvalue weighted by Gasteiger charge is 2.37. The Bertz CT molecular complexity index is 362. The van der Waals surface area contributed by atoms with Crippen LogP contribution in [0.2, 0.25) is 0 Å². The molecule has 4 N–H and O–H groups in total. The van der Waals surface area contributed by atoms with Crippen molar-refractivity contribution in [3.8, 4) is 0 Å². The summed E-state index contributed by atoms with van der Waals surface area (Å²) in [4.78, 5) is 10.7. The summed E-state index contributed by atoms with van der Waals surface area (Å²) in [5.74, 6) is -1.20. The van der Waals surface area contributed by atoms with Crippen molar-refractivity contribution in [2.75, 3.05) is 0 Å². The molecule has 0 fully saturated rings. The summed E-state index contributed by atoms with van der Waals surface area (Å²) < 4.78 is 0. The van der Waals surface area contributed by atoms with Gasteiger partial charge in [0.05, 0.1) is 6.10 Å². The van der Waals surface area contributed by atoms with Crippen LogP contribution in [0.15, 0.2) is 30.3 Å². The summed E-state index contributed by atoms with van der Waals surface area (Å²) in [5, 5.41) is 18.7. The maximum Gasteiger partial charge on any atom is 0.323 e. The quantitative estimate of drug-likeness (QED) is 0.703. The summed E-state index contributed by atoms with van der Waals surface area (Å²) in [6.45, 7) is 3.55. The van der Waals surface area contributed by atoms with Crippen LogP contribution in [0.25, 0.3) is 0 Å². The standard InChI is InChI=1S/C12H17NO3/c1-12(2,8-6-4-3-5-7-8)10(14)9(13)11(15)16/h3-7,9-10,14H,13H2,1-2H3,(H,15,16). The van der Waals surface area contributed by atoms with E-state index < -0.39 is 23.5 Å². The maximum absolute atomic E-state index is 10.7. The second-order valence-electron chi connectivity index (χ2n) is 4.40. The lowest BCUT2D eigenvalue weighted by Gasteiger charge is -2.33. The fraction of sp³-hybridized carbons (Fsp3) is 0.417. The van der Waals surface area contributed by atoms with E-state index in [9.17, 15) is 9.90 Å². The second-order valence-corrected chi connectivity index (χ2v) is 4.40. The fourth-order valence-electron chi connectivity index (χ4n) is 1.62. The van der Waals surface area contributed by atoms with E-state index in [0.29, 0.717) is 0 Å². The molecule has 1 aromatic carbocycles. The number of carbonyl (C=O) groups is 1. The minimum absolute atomic E-state index is 0.695. The zero-order valence-electron chi connectivity index (χ0n) is 9.42. The maximum atomic E-state index is 10.7. The first kappa shape index (κ1) is 12.7. The first-order valence-electron chi connectivity index (χ1n) is 5.09. The average Bonchev–Trinajstić information content (AvgIpc) is 2.28. The molecule has 88 valence electrons. The van der Waals surface area contributed by atoms with Gasteiger partial charge in [0.2, 0.25) is 0 Å². The van der Waals surface area contributed by atoms with E-state index in [1.165, 1.54) is 0 Å². The molecule has 0 saturated heterocycles. The van der Waals surface area contributed by atoms with Crippen LogP contribution in [0.1, 0.15) is 19.4 Å². The Morgan fingerprint density at radius 3 is 2.25 bits per heavy atom. The van der Waals surface area contributed by atoms with Gasteiger partial charge in [-0.05, 0) is 5.56 Å². The van der Waals surface area contributed by atoms with Crippen LogP contribution < -0.4 is 5.73 Å². The SMILES string of the molecule is CC(C)(c1ccccc1)C(O)C(N)C(=O)O. The van der Waals surface area contributed by atoms with Gasteiger partial charge in [0, 0.05) is 5.41 Å². The van der Waals surface area contributed by atoms with E-state index in [2.05, 4.69) is 0 Å². The van der Waals surface area contributed by atoms with Gasteiger partial charge in [-0.15, -0.1) is 0 Å². The lowest BCUT2D eigenvalue weighted by atomic mass is 9.77. The van der Waals surface area contributed by atoms with Crippen LogP contribution in [-0.2, 0) is 10.2 Å². The third kappa shape index (κ3) is 2.40. The Balaban J connectivity index is 2.98. The van der Waals surface area contributed by atoms with E-state index in [4.69, 9.17) is 10.8 Å². The summed E-state index contributed by atoms with van der Waals surface area (Å²) in [5.41, 5.74) is 5.60. The van der Waals surface area contributed by atoms with E-state index in [-0.39, 0.29) is 0 Å². The monoisotopic (exact) mass is 223 g/mol. The molecule has 0 aromatic heterocycles. The summed E-state index contributed by atoms with van der Waals surface area (Å²) in [6, 6.07) is 7.96. The largest absolute Gasteiger partial charge is 0.480 e.